The zero-order valence-electron chi connectivity index (χ0n) is 11.0. The molecule has 1 aliphatic rings. The average Bonchev–Trinajstić information content (AvgIpc) is 2.55. The van der Waals surface area contributed by atoms with E-state index in [1.165, 1.54) is 5.56 Å². The van der Waals surface area contributed by atoms with Gasteiger partial charge < -0.3 is 10.6 Å². The van der Waals surface area contributed by atoms with Gasteiger partial charge in [0.15, 0.2) is 0 Å². The first kappa shape index (κ1) is 11.3. The Labute approximate surface area is 117 Å². The number of aromatic nitrogens is 1. The quantitative estimate of drug-likeness (QED) is 0.699. The predicted molar refractivity (Wildman–Crippen MR) is 83.0 cm³/mol. The van der Waals surface area contributed by atoms with Crippen LogP contribution < -0.4 is 10.6 Å². The van der Waals surface area contributed by atoms with E-state index in [0.29, 0.717) is 0 Å². The molecule has 2 heterocycles. The summed E-state index contributed by atoms with van der Waals surface area (Å²) in [4.78, 5) is 4.49. The van der Waals surface area contributed by atoms with Crippen LogP contribution in [0.4, 0.5) is 11.4 Å². The third-order valence-electron chi connectivity index (χ3n) is 3.79. The Morgan fingerprint density at radius 1 is 0.950 bits per heavy atom. The Bertz CT molecular complexity index is 753. The van der Waals surface area contributed by atoms with Crippen LogP contribution in [0.1, 0.15) is 11.6 Å². The number of benzene rings is 2. The number of nitrogens with zero attached hydrogens (tertiary/aromatic N) is 1. The SMILES string of the molecule is c1ccc(C2CNc3cnc4ccccc4c3N2)cc1. The molecule has 0 aliphatic carbocycles. The van der Waals surface area contributed by atoms with Crippen LogP contribution in [0.3, 0.4) is 0 Å². The van der Waals surface area contributed by atoms with Gasteiger partial charge in [0.25, 0.3) is 0 Å². The summed E-state index contributed by atoms with van der Waals surface area (Å²) in [6, 6.07) is 19.1. The van der Waals surface area contributed by atoms with E-state index in [2.05, 4.69) is 52.0 Å². The van der Waals surface area contributed by atoms with Gasteiger partial charge in [-0.1, -0.05) is 48.5 Å². The van der Waals surface area contributed by atoms with E-state index < -0.39 is 0 Å². The van der Waals surface area contributed by atoms with Crippen molar-refractivity contribution in [2.24, 2.45) is 0 Å². The maximum atomic E-state index is 4.49. The van der Waals surface area contributed by atoms with E-state index in [-0.39, 0.29) is 6.04 Å². The van der Waals surface area contributed by atoms with Crippen LogP contribution in [0, 0.1) is 0 Å². The molecule has 3 heteroatoms. The van der Waals surface area contributed by atoms with Crippen LogP contribution >= 0.6 is 0 Å². The van der Waals surface area contributed by atoms with Gasteiger partial charge in [-0.25, -0.2) is 0 Å². The van der Waals surface area contributed by atoms with Crippen molar-refractivity contribution in [2.75, 3.05) is 17.2 Å². The van der Waals surface area contributed by atoms with Crippen molar-refractivity contribution >= 4 is 22.3 Å². The normalized spacial score (nSPS) is 17.1. The summed E-state index contributed by atoms with van der Waals surface area (Å²) < 4.78 is 0. The molecule has 2 N–H and O–H groups in total. The lowest BCUT2D eigenvalue weighted by atomic mass is 10.0. The van der Waals surface area contributed by atoms with Gasteiger partial charge in [-0.3, -0.25) is 4.98 Å². The van der Waals surface area contributed by atoms with Crippen molar-refractivity contribution in [3.8, 4) is 0 Å². The van der Waals surface area contributed by atoms with Gasteiger partial charge in [-0.05, 0) is 11.6 Å². The number of hydrogen-bond donors (Lipinski definition) is 2. The second-order valence-corrected chi connectivity index (χ2v) is 5.05. The van der Waals surface area contributed by atoms with Crippen molar-refractivity contribution in [3.63, 3.8) is 0 Å². The summed E-state index contributed by atoms with van der Waals surface area (Å²) in [5.41, 5.74) is 4.55. The van der Waals surface area contributed by atoms with E-state index in [1.54, 1.807) is 0 Å². The number of fused-ring (bicyclic) bond motifs is 3. The van der Waals surface area contributed by atoms with Gasteiger partial charge in [-0.15, -0.1) is 0 Å². The summed E-state index contributed by atoms with van der Waals surface area (Å²) in [5.74, 6) is 0. The fourth-order valence-corrected chi connectivity index (χ4v) is 2.75. The number of pyridine rings is 1. The summed E-state index contributed by atoms with van der Waals surface area (Å²) in [7, 11) is 0. The number of nitrogens with one attached hydrogen (secondary N) is 2. The van der Waals surface area contributed by atoms with Gasteiger partial charge in [0.2, 0.25) is 0 Å². The molecule has 1 atom stereocenters. The Hall–Kier alpha value is -2.55. The van der Waals surface area contributed by atoms with Gasteiger partial charge >= 0.3 is 0 Å². The smallest absolute Gasteiger partial charge is 0.0770 e. The molecule has 0 saturated heterocycles. The van der Waals surface area contributed by atoms with Gasteiger partial charge in [0.1, 0.15) is 0 Å². The monoisotopic (exact) mass is 261 g/mol. The fourth-order valence-electron chi connectivity index (χ4n) is 2.75. The van der Waals surface area contributed by atoms with Crippen LogP contribution in [-0.4, -0.2) is 11.5 Å². The van der Waals surface area contributed by atoms with Crippen molar-refractivity contribution in [1.82, 2.24) is 4.98 Å². The standard InChI is InChI=1S/C17H15N3/c1-2-6-12(7-3-1)15-10-19-16-11-18-14-9-5-4-8-13(14)17(16)20-15/h1-9,11,15,19-20H,10H2. The molecule has 98 valence electrons. The van der Waals surface area contributed by atoms with Crippen LogP contribution in [0.25, 0.3) is 10.9 Å². The molecular formula is C17H15N3. The molecule has 2 aromatic carbocycles. The molecule has 0 fully saturated rings. The minimum atomic E-state index is 0.287. The molecule has 0 radical (unpaired) electrons. The Kier molecular flexibility index (Phi) is 2.56. The predicted octanol–water partition coefficient (Wildman–Crippen LogP) is 3.81. The molecule has 0 saturated carbocycles. The molecule has 3 nitrogen and oxygen atoms in total. The molecule has 4 rings (SSSR count). The minimum Gasteiger partial charge on any atom is -0.380 e. The molecule has 1 aromatic heterocycles. The van der Waals surface area contributed by atoms with Crippen molar-refractivity contribution < 1.29 is 0 Å². The molecule has 0 spiro atoms. The summed E-state index contributed by atoms with van der Waals surface area (Å²) in [5, 5.41) is 8.30. The second kappa shape index (κ2) is 4.53. The molecule has 1 aliphatic heterocycles. The lowest BCUT2D eigenvalue weighted by Crippen LogP contribution is -2.26. The van der Waals surface area contributed by atoms with E-state index in [1.807, 2.05) is 24.4 Å². The molecule has 0 amide bonds. The maximum Gasteiger partial charge on any atom is 0.0770 e. The molecular weight excluding hydrogens is 246 g/mol. The second-order valence-electron chi connectivity index (χ2n) is 5.05. The van der Waals surface area contributed by atoms with Gasteiger partial charge in [0, 0.05) is 11.9 Å². The average molecular weight is 261 g/mol. The fraction of sp³-hybridized carbons (Fsp3) is 0.118. The van der Waals surface area contributed by atoms with Crippen molar-refractivity contribution in [2.45, 2.75) is 6.04 Å². The first-order valence-electron chi connectivity index (χ1n) is 6.85. The lowest BCUT2D eigenvalue weighted by molar-refractivity contribution is 0.805. The molecule has 1 unspecified atom stereocenters. The number of anilines is 2. The van der Waals surface area contributed by atoms with E-state index in [0.717, 1.165) is 28.8 Å². The highest BCUT2D eigenvalue weighted by molar-refractivity contribution is 5.98. The summed E-state index contributed by atoms with van der Waals surface area (Å²) in [6.07, 6.45) is 1.91. The highest BCUT2D eigenvalue weighted by Gasteiger charge is 2.20. The third-order valence-corrected chi connectivity index (χ3v) is 3.79. The van der Waals surface area contributed by atoms with E-state index in [4.69, 9.17) is 0 Å². The van der Waals surface area contributed by atoms with Gasteiger partial charge in [0.05, 0.1) is 29.1 Å². The largest absolute Gasteiger partial charge is 0.380 e. The van der Waals surface area contributed by atoms with Crippen LogP contribution in [-0.2, 0) is 0 Å². The molecule has 20 heavy (non-hydrogen) atoms. The lowest BCUT2D eigenvalue weighted by Gasteiger charge is -2.29. The minimum absolute atomic E-state index is 0.287. The summed E-state index contributed by atoms with van der Waals surface area (Å²) >= 11 is 0. The van der Waals surface area contributed by atoms with Crippen molar-refractivity contribution in [3.05, 3.63) is 66.4 Å². The highest BCUT2D eigenvalue weighted by Crippen LogP contribution is 2.36. The molecule has 3 aromatic rings. The Morgan fingerprint density at radius 3 is 2.65 bits per heavy atom. The number of rotatable bonds is 1. The molecule has 0 bridgehead atoms. The maximum absolute atomic E-state index is 4.49. The van der Waals surface area contributed by atoms with Gasteiger partial charge in [-0.2, -0.15) is 0 Å². The summed E-state index contributed by atoms with van der Waals surface area (Å²) in [6.45, 7) is 0.872. The van der Waals surface area contributed by atoms with Crippen LogP contribution in [0.5, 0.6) is 0 Å². The first-order valence-corrected chi connectivity index (χ1v) is 6.85. The zero-order chi connectivity index (χ0) is 13.4. The third kappa shape index (κ3) is 1.79. The zero-order valence-corrected chi connectivity index (χ0v) is 11.0. The number of hydrogen-bond acceptors (Lipinski definition) is 3. The van der Waals surface area contributed by atoms with Crippen molar-refractivity contribution in [1.29, 1.82) is 0 Å². The topological polar surface area (TPSA) is 37.0 Å². The first-order chi connectivity index (χ1) is 9.92. The van der Waals surface area contributed by atoms with Crippen LogP contribution in [0.15, 0.2) is 60.8 Å². The Morgan fingerprint density at radius 2 is 1.75 bits per heavy atom. The number of para-hydroxylation sites is 1. The Balaban J connectivity index is 1.80. The van der Waals surface area contributed by atoms with Crippen LogP contribution in [0.2, 0.25) is 0 Å². The highest BCUT2D eigenvalue weighted by atomic mass is 15.1. The van der Waals surface area contributed by atoms with E-state index in [9.17, 15) is 0 Å². The van der Waals surface area contributed by atoms with E-state index >= 15 is 0 Å².